The molecule has 0 heterocycles. The largest absolute Gasteiger partial charge is 0.454 e. The average molecular weight is 278 g/mol. The third-order valence-corrected chi connectivity index (χ3v) is 1.89. The molecular formula is C9H2F8O. The fraction of sp³-hybridized carbons (Fsp3) is 0.222. The SMILES string of the molecule is O=C(c1ccc(C(F)(F)F)c(F)c1F)C(F)(F)F. The van der Waals surface area contributed by atoms with Gasteiger partial charge < -0.3 is 0 Å². The Morgan fingerprint density at radius 3 is 1.78 bits per heavy atom. The monoisotopic (exact) mass is 278 g/mol. The fourth-order valence-electron chi connectivity index (χ4n) is 1.10. The summed E-state index contributed by atoms with van der Waals surface area (Å²) in [5.74, 6) is -7.78. The third kappa shape index (κ3) is 2.59. The van der Waals surface area contributed by atoms with Crippen LogP contribution in [0.2, 0.25) is 0 Å². The Balaban J connectivity index is 3.39. The first-order valence-electron chi connectivity index (χ1n) is 4.13. The molecule has 1 nitrogen and oxygen atoms in total. The van der Waals surface area contributed by atoms with Crippen molar-refractivity contribution >= 4 is 5.78 Å². The first kappa shape index (κ1) is 14.4. The zero-order valence-electron chi connectivity index (χ0n) is 8.09. The van der Waals surface area contributed by atoms with Gasteiger partial charge >= 0.3 is 12.4 Å². The van der Waals surface area contributed by atoms with Crippen LogP contribution in [0.3, 0.4) is 0 Å². The molecule has 0 aromatic heterocycles. The van der Waals surface area contributed by atoms with Gasteiger partial charge in [0.05, 0.1) is 11.1 Å². The van der Waals surface area contributed by atoms with Crippen LogP contribution in [-0.4, -0.2) is 12.0 Å². The van der Waals surface area contributed by atoms with E-state index in [2.05, 4.69) is 0 Å². The van der Waals surface area contributed by atoms with Gasteiger partial charge in [-0.3, -0.25) is 4.79 Å². The van der Waals surface area contributed by atoms with Gasteiger partial charge in [0.1, 0.15) is 0 Å². The van der Waals surface area contributed by atoms with Crippen LogP contribution in [0.1, 0.15) is 15.9 Å². The number of benzene rings is 1. The summed E-state index contributed by atoms with van der Waals surface area (Å²) in [7, 11) is 0. The molecule has 0 aliphatic carbocycles. The summed E-state index contributed by atoms with van der Waals surface area (Å²) in [6.07, 6.45) is -10.8. The van der Waals surface area contributed by atoms with E-state index in [9.17, 15) is 39.9 Å². The molecule has 0 aliphatic heterocycles. The molecule has 0 N–H and O–H groups in total. The standard InChI is InChI=1S/C9H2F8O/c10-5-3(7(18)9(15,16)17)1-2-4(6(5)11)8(12,13)14/h1-2H. The second-order valence-corrected chi connectivity index (χ2v) is 3.11. The van der Waals surface area contributed by atoms with Crippen molar-refractivity contribution in [3.8, 4) is 0 Å². The Kier molecular flexibility index (Phi) is 3.37. The number of carbonyl (C=O) groups is 1. The summed E-state index contributed by atoms with van der Waals surface area (Å²) in [6.45, 7) is 0. The van der Waals surface area contributed by atoms with Crippen LogP contribution < -0.4 is 0 Å². The molecule has 0 spiro atoms. The number of halogens is 8. The number of carbonyl (C=O) groups excluding carboxylic acids is 1. The lowest BCUT2D eigenvalue weighted by molar-refractivity contribution is -0.140. The van der Waals surface area contributed by atoms with E-state index in [-0.39, 0.29) is 12.1 Å². The lowest BCUT2D eigenvalue weighted by Gasteiger charge is -2.11. The van der Waals surface area contributed by atoms with Crippen LogP contribution in [0.15, 0.2) is 12.1 Å². The van der Waals surface area contributed by atoms with Gasteiger partial charge in [0.2, 0.25) is 0 Å². The van der Waals surface area contributed by atoms with E-state index in [0.717, 1.165) is 0 Å². The Morgan fingerprint density at radius 2 is 1.39 bits per heavy atom. The molecular weight excluding hydrogens is 276 g/mol. The van der Waals surface area contributed by atoms with Crippen LogP contribution >= 0.6 is 0 Å². The third-order valence-electron chi connectivity index (χ3n) is 1.89. The first-order valence-corrected chi connectivity index (χ1v) is 4.13. The van der Waals surface area contributed by atoms with Crippen molar-refractivity contribution in [2.45, 2.75) is 12.4 Å². The molecule has 1 aromatic carbocycles. The molecule has 0 unspecified atom stereocenters. The number of rotatable bonds is 1. The molecule has 0 radical (unpaired) electrons. The summed E-state index contributed by atoms with van der Waals surface area (Å²) in [6, 6.07) is -0.186. The Morgan fingerprint density at radius 1 is 0.889 bits per heavy atom. The van der Waals surface area contributed by atoms with Crippen LogP contribution in [-0.2, 0) is 6.18 Å². The lowest BCUT2D eigenvalue weighted by Crippen LogP contribution is -2.25. The highest BCUT2D eigenvalue weighted by Gasteiger charge is 2.43. The number of ketones is 1. The molecule has 0 saturated carbocycles. The van der Waals surface area contributed by atoms with E-state index >= 15 is 0 Å². The highest BCUT2D eigenvalue weighted by atomic mass is 19.4. The Bertz CT molecular complexity index is 485. The van der Waals surface area contributed by atoms with Crippen molar-refractivity contribution in [2.24, 2.45) is 0 Å². The maximum Gasteiger partial charge on any atom is 0.454 e. The molecule has 1 rings (SSSR count). The van der Waals surface area contributed by atoms with Crippen molar-refractivity contribution in [3.05, 3.63) is 34.9 Å². The van der Waals surface area contributed by atoms with E-state index in [1.807, 2.05) is 0 Å². The minimum atomic E-state index is -5.51. The number of Topliss-reactive ketones (excluding diaryl/α,β-unsaturated/α-hetero) is 1. The van der Waals surface area contributed by atoms with Crippen molar-refractivity contribution < 1.29 is 39.9 Å². The Labute approximate surface area is 94.0 Å². The molecule has 0 bridgehead atoms. The molecule has 1 aromatic rings. The zero-order chi connectivity index (χ0) is 14.3. The van der Waals surface area contributed by atoms with Crippen molar-refractivity contribution in [3.63, 3.8) is 0 Å². The number of hydrogen-bond donors (Lipinski definition) is 0. The van der Waals surface area contributed by atoms with Crippen molar-refractivity contribution in [1.82, 2.24) is 0 Å². The molecule has 9 heteroatoms. The van der Waals surface area contributed by atoms with Gasteiger partial charge in [-0.15, -0.1) is 0 Å². The Hall–Kier alpha value is -1.67. The lowest BCUT2D eigenvalue weighted by atomic mass is 10.1. The van der Waals surface area contributed by atoms with Crippen LogP contribution in [0.5, 0.6) is 0 Å². The van der Waals surface area contributed by atoms with Gasteiger partial charge in [0, 0.05) is 0 Å². The van der Waals surface area contributed by atoms with E-state index in [4.69, 9.17) is 0 Å². The van der Waals surface area contributed by atoms with Crippen LogP contribution in [0, 0.1) is 11.6 Å². The van der Waals surface area contributed by atoms with Gasteiger partial charge in [-0.25, -0.2) is 8.78 Å². The van der Waals surface area contributed by atoms with Gasteiger partial charge in [-0.1, -0.05) is 0 Å². The predicted octanol–water partition coefficient (Wildman–Crippen LogP) is 3.73. The summed E-state index contributed by atoms with van der Waals surface area (Å²) in [5.41, 5.74) is -3.88. The second-order valence-electron chi connectivity index (χ2n) is 3.11. The minimum Gasteiger partial charge on any atom is -0.284 e. The topological polar surface area (TPSA) is 17.1 Å². The van der Waals surface area contributed by atoms with E-state index in [1.54, 1.807) is 0 Å². The van der Waals surface area contributed by atoms with Gasteiger partial charge in [-0.2, -0.15) is 26.3 Å². The van der Waals surface area contributed by atoms with Crippen molar-refractivity contribution in [2.75, 3.05) is 0 Å². The van der Waals surface area contributed by atoms with Crippen LogP contribution in [0.4, 0.5) is 35.1 Å². The quantitative estimate of drug-likeness (QED) is 0.565. The molecule has 0 aliphatic rings. The average Bonchev–Trinajstić information content (AvgIpc) is 2.17. The highest BCUT2D eigenvalue weighted by molar-refractivity contribution is 6.00. The minimum absolute atomic E-state index is 0.0585. The summed E-state index contributed by atoms with van der Waals surface area (Å²) >= 11 is 0. The highest BCUT2D eigenvalue weighted by Crippen LogP contribution is 2.34. The van der Waals surface area contributed by atoms with E-state index < -0.39 is 40.9 Å². The van der Waals surface area contributed by atoms with E-state index in [0.29, 0.717) is 0 Å². The maximum atomic E-state index is 13.0. The van der Waals surface area contributed by atoms with E-state index in [1.165, 1.54) is 0 Å². The number of hydrogen-bond acceptors (Lipinski definition) is 1. The number of alkyl halides is 6. The summed E-state index contributed by atoms with van der Waals surface area (Å²) < 4.78 is 97.9. The summed E-state index contributed by atoms with van der Waals surface area (Å²) in [4.78, 5) is 10.6. The predicted molar refractivity (Wildman–Crippen MR) is 41.7 cm³/mol. The molecule has 0 saturated heterocycles. The maximum absolute atomic E-state index is 13.0. The zero-order valence-corrected chi connectivity index (χ0v) is 8.09. The van der Waals surface area contributed by atoms with Crippen molar-refractivity contribution in [1.29, 1.82) is 0 Å². The second kappa shape index (κ2) is 4.21. The molecule has 0 atom stereocenters. The molecule has 0 amide bonds. The first-order chi connectivity index (χ1) is 7.96. The fourth-order valence-corrected chi connectivity index (χ4v) is 1.10. The molecule has 100 valence electrons. The van der Waals surface area contributed by atoms with Gasteiger partial charge in [0.15, 0.2) is 11.6 Å². The molecule has 18 heavy (non-hydrogen) atoms. The van der Waals surface area contributed by atoms with Gasteiger partial charge in [0.25, 0.3) is 5.78 Å². The molecule has 0 fully saturated rings. The van der Waals surface area contributed by atoms with Crippen LogP contribution in [0.25, 0.3) is 0 Å². The smallest absolute Gasteiger partial charge is 0.284 e. The van der Waals surface area contributed by atoms with Gasteiger partial charge in [-0.05, 0) is 12.1 Å². The summed E-state index contributed by atoms with van der Waals surface area (Å²) in [5, 5.41) is 0. The normalized spacial score (nSPS) is 12.7.